The van der Waals surface area contributed by atoms with Gasteiger partial charge in [0, 0.05) is 18.2 Å². The van der Waals surface area contributed by atoms with E-state index in [1.807, 2.05) is 0 Å². The monoisotopic (exact) mass is 337 g/mol. The summed E-state index contributed by atoms with van der Waals surface area (Å²) in [5, 5.41) is 0. The molecule has 0 bridgehead atoms. The van der Waals surface area contributed by atoms with Crippen molar-refractivity contribution in [1.82, 2.24) is 4.90 Å². The Balaban J connectivity index is 1.90. The Labute approximate surface area is 133 Å². The summed E-state index contributed by atoms with van der Waals surface area (Å²) in [6, 6.07) is 7.23. The number of benzene rings is 1. The van der Waals surface area contributed by atoms with Crippen LogP contribution in [0.5, 0.6) is 0 Å². The van der Waals surface area contributed by atoms with E-state index in [1.165, 1.54) is 29.6 Å². The number of furan rings is 1. The molecule has 7 heteroatoms. The second-order valence-electron chi connectivity index (χ2n) is 5.59. The molecule has 1 aromatic carbocycles. The Kier molecular flexibility index (Phi) is 4.21. The summed E-state index contributed by atoms with van der Waals surface area (Å²) in [4.78, 5) is 14.1. The van der Waals surface area contributed by atoms with Gasteiger partial charge >= 0.3 is 0 Å². The first-order valence-electron chi connectivity index (χ1n) is 7.23. The van der Waals surface area contributed by atoms with Crippen molar-refractivity contribution in [3.05, 3.63) is 59.8 Å². The van der Waals surface area contributed by atoms with Gasteiger partial charge < -0.3 is 9.32 Å². The third kappa shape index (κ3) is 3.44. The lowest BCUT2D eigenvalue weighted by Crippen LogP contribution is -2.40. The molecule has 0 aliphatic carbocycles. The predicted molar refractivity (Wildman–Crippen MR) is 82.0 cm³/mol. The number of amides is 1. The Hall–Kier alpha value is -2.15. The van der Waals surface area contributed by atoms with E-state index in [1.54, 1.807) is 18.2 Å². The number of carbonyl (C=O) groups excluding carboxylic acids is 1. The highest BCUT2D eigenvalue weighted by Crippen LogP contribution is 2.23. The Morgan fingerprint density at radius 3 is 2.70 bits per heavy atom. The number of rotatable bonds is 4. The van der Waals surface area contributed by atoms with Crippen molar-refractivity contribution in [2.45, 2.75) is 19.0 Å². The summed E-state index contributed by atoms with van der Waals surface area (Å²) in [5.41, 5.74) is 0.680. The second kappa shape index (κ2) is 6.16. The van der Waals surface area contributed by atoms with E-state index in [2.05, 4.69) is 0 Å². The van der Waals surface area contributed by atoms with Crippen LogP contribution in [0.15, 0.2) is 47.3 Å². The molecule has 2 aromatic rings. The first-order chi connectivity index (χ1) is 11.0. The third-order valence-corrected chi connectivity index (χ3v) is 5.73. The van der Waals surface area contributed by atoms with Gasteiger partial charge in [0.2, 0.25) is 0 Å². The summed E-state index contributed by atoms with van der Waals surface area (Å²) < 4.78 is 42.3. The van der Waals surface area contributed by atoms with E-state index in [9.17, 15) is 17.6 Å². The molecular weight excluding hydrogens is 321 g/mol. The van der Waals surface area contributed by atoms with E-state index in [0.29, 0.717) is 17.5 Å². The zero-order valence-corrected chi connectivity index (χ0v) is 13.1. The molecule has 1 saturated heterocycles. The zero-order valence-electron chi connectivity index (χ0n) is 12.3. The lowest BCUT2D eigenvalue weighted by molar-refractivity contribution is 0.0678. The van der Waals surface area contributed by atoms with Gasteiger partial charge in [-0.2, -0.15) is 0 Å². The van der Waals surface area contributed by atoms with Crippen molar-refractivity contribution in [2.24, 2.45) is 0 Å². The van der Waals surface area contributed by atoms with Gasteiger partial charge in [0.1, 0.15) is 12.1 Å². The van der Waals surface area contributed by atoms with Crippen LogP contribution in [0.25, 0.3) is 0 Å². The molecule has 1 atom stereocenters. The fraction of sp³-hybridized carbons (Fsp3) is 0.312. The average molecular weight is 337 g/mol. The highest BCUT2D eigenvalue weighted by molar-refractivity contribution is 7.91. The fourth-order valence-corrected chi connectivity index (χ4v) is 4.48. The molecule has 1 aliphatic rings. The summed E-state index contributed by atoms with van der Waals surface area (Å²) >= 11 is 0. The van der Waals surface area contributed by atoms with Crippen molar-refractivity contribution in [3.8, 4) is 0 Å². The molecule has 23 heavy (non-hydrogen) atoms. The Morgan fingerprint density at radius 2 is 2.09 bits per heavy atom. The molecule has 0 saturated carbocycles. The summed E-state index contributed by atoms with van der Waals surface area (Å²) in [6.07, 6.45) is 3.04. The van der Waals surface area contributed by atoms with Crippen molar-refractivity contribution in [1.29, 1.82) is 0 Å². The molecule has 2 heterocycles. The van der Waals surface area contributed by atoms with Gasteiger partial charge in [0.15, 0.2) is 9.84 Å². The molecule has 3 rings (SSSR count). The number of hydrogen-bond acceptors (Lipinski definition) is 4. The SMILES string of the molecule is O=C(c1ccoc1)N(Cc1ccccc1F)[C@@H]1CCS(=O)(=O)C1. The van der Waals surface area contributed by atoms with Crippen LogP contribution in [0.3, 0.4) is 0 Å². The normalized spacial score (nSPS) is 19.6. The van der Waals surface area contributed by atoms with Crippen LogP contribution < -0.4 is 0 Å². The molecular formula is C16H16FNO4S. The van der Waals surface area contributed by atoms with E-state index in [4.69, 9.17) is 4.42 Å². The maximum atomic E-state index is 13.9. The highest BCUT2D eigenvalue weighted by Gasteiger charge is 2.35. The lowest BCUT2D eigenvalue weighted by Gasteiger charge is -2.28. The van der Waals surface area contributed by atoms with Gasteiger partial charge in [-0.25, -0.2) is 12.8 Å². The summed E-state index contributed by atoms with van der Waals surface area (Å²) in [5.74, 6) is -0.822. The maximum absolute atomic E-state index is 13.9. The molecule has 1 amide bonds. The molecule has 0 unspecified atom stereocenters. The summed E-state index contributed by atoms with van der Waals surface area (Å²) in [7, 11) is -3.16. The highest BCUT2D eigenvalue weighted by atomic mass is 32.2. The molecule has 122 valence electrons. The van der Waals surface area contributed by atoms with Crippen LogP contribution in [0.2, 0.25) is 0 Å². The van der Waals surface area contributed by atoms with Crippen molar-refractivity contribution >= 4 is 15.7 Å². The minimum absolute atomic E-state index is 0.0247. The number of hydrogen-bond donors (Lipinski definition) is 0. The van der Waals surface area contributed by atoms with E-state index < -0.39 is 21.7 Å². The van der Waals surface area contributed by atoms with E-state index in [0.717, 1.165) is 0 Å². The van der Waals surface area contributed by atoms with Gasteiger partial charge in [0.25, 0.3) is 5.91 Å². The fourth-order valence-electron chi connectivity index (χ4n) is 2.75. The van der Waals surface area contributed by atoms with Gasteiger partial charge in [0.05, 0.1) is 23.3 Å². The van der Waals surface area contributed by atoms with Gasteiger partial charge in [-0.1, -0.05) is 18.2 Å². The Morgan fingerprint density at radius 1 is 1.30 bits per heavy atom. The average Bonchev–Trinajstić information content (AvgIpc) is 3.15. The van der Waals surface area contributed by atoms with Crippen molar-refractivity contribution in [3.63, 3.8) is 0 Å². The number of nitrogens with zero attached hydrogens (tertiary/aromatic N) is 1. The zero-order chi connectivity index (χ0) is 16.4. The van der Waals surface area contributed by atoms with Crippen LogP contribution >= 0.6 is 0 Å². The van der Waals surface area contributed by atoms with Crippen LogP contribution in [0, 0.1) is 5.82 Å². The predicted octanol–water partition coefficient (Wildman–Crippen LogP) is 2.25. The first-order valence-corrected chi connectivity index (χ1v) is 9.05. The van der Waals surface area contributed by atoms with E-state index >= 15 is 0 Å². The topological polar surface area (TPSA) is 67.6 Å². The maximum Gasteiger partial charge on any atom is 0.257 e. The summed E-state index contributed by atoms with van der Waals surface area (Å²) in [6.45, 7) is 0.0247. The molecule has 1 aromatic heterocycles. The third-order valence-electron chi connectivity index (χ3n) is 3.98. The molecule has 1 fully saturated rings. The standard InChI is InChI=1S/C16H16FNO4S/c17-15-4-2-1-3-12(15)9-18(14-6-8-23(20,21)11-14)16(19)13-5-7-22-10-13/h1-5,7,10,14H,6,8-9,11H2/t14-/m1/s1. The van der Waals surface area contributed by atoms with Gasteiger partial charge in [-0.3, -0.25) is 4.79 Å². The largest absolute Gasteiger partial charge is 0.472 e. The smallest absolute Gasteiger partial charge is 0.257 e. The minimum atomic E-state index is -3.16. The first kappa shape index (κ1) is 15.7. The van der Waals surface area contributed by atoms with Gasteiger partial charge in [-0.05, 0) is 18.6 Å². The number of halogens is 1. The molecule has 1 aliphatic heterocycles. The lowest BCUT2D eigenvalue weighted by atomic mass is 10.1. The molecule has 0 N–H and O–H groups in total. The number of carbonyl (C=O) groups is 1. The number of sulfone groups is 1. The molecule has 0 spiro atoms. The minimum Gasteiger partial charge on any atom is -0.472 e. The van der Waals surface area contributed by atoms with Crippen LogP contribution in [-0.4, -0.2) is 36.8 Å². The molecule has 5 nitrogen and oxygen atoms in total. The quantitative estimate of drug-likeness (QED) is 0.858. The van der Waals surface area contributed by atoms with Crippen LogP contribution in [-0.2, 0) is 16.4 Å². The van der Waals surface area contributed by atoms with Crippen molar-refractivity contribution in [2.75, 3.05) is 11.5 Å². The van der Waals surface area contributed by atoms with Crippen molar-refractivity contribution < 1.29 is 22.0 Å². The molecule has 0 radical (unpaired) electrons. The van der Waals surface area contributed by atoms with E-state index in [-0.39, 0.29) is 24.0 Å². The second-order valence-corrected chi connectivity index (χ2v) is 7.82. The van der Waals surface area contributed by atoms with Gasteiger partial charge in [-0.15, -0.1) is 0 Å². The van der Waals surface area contributed by atoms with Crippen LogP contribution in [0.1, 0.15) is 22.3 Å². The van der Waals surface area contributed by atoms with Crippen LogP contribution in [0.4, 0.5) is 4.39 Å². The Bertz CT molecular complexity index is 801.